The van der Waals surface area contributed by atoms with Crippen LogP contribution in [0.15, 0.2) is 36.7 Å². The van der Waals surface area contributed by atoms with Crippen LogP contribution in [0.2, 0.25) is 5.15 Å². The van der Waals surface area contributed by atoms with Crippen LogP contribution in [0.5, 0.6) is 0 Å². The fraction of sp³-hybridized carbons (Fsp3) is 0.286. The first kappa shape index (κ1) is 12.1. The van der Waals surface area contributed by atoms with Gasteiger partial charge in [-0.3, -0.25) is 4.98 Å². The average Bonchev–Trinajstić information content (AvgIpc) is 2.30. The van der Waals surface area contributed by atoms with Gasteiger partial charge in [-0.2, -0.15) is 0 Å². The van der Waals surface area contributed by atoms with Gasteiger partial charge in [0.1, 0.15) is 5.69 Å². The minimum absolute atomic E-state index is 0.448. The molecule has 0 bridgehead atoms. The molecule has 0 N–H and O–H groups in total. The second-order valence-electron chi connectivity index (χ2n) is 4.49. The number of halogens is 1. The molecule has 0 aliphatic carbocycles. The van der Waals surface area contributed by atoms with E-state index < -0.39 is 0 Å². The first-order valence-electron chi connectivity index (χ1n) is 5.72. The van der Waals surface area contributed by atoms with Crippen LogP contribution in [-0.2, 0) is 6.42 Å². The summed E-state index contributed by atoms with van der Waals surface area (Å²) in [5, 5.41) is 0.448. The number of rotatable bonds is 3. The Kier molecular flexibility index (Phi) is 3.75. The van der Waals surface area contributed by atoms with Gasteiger partial charge in [0.05, 0.1) is 0 Å². The van der Waals surface area contributed by atoms with E-state index in [4.69, 9.17) is 11.6 Å². The van der Waals surface area contributed by atoms with Crippen LogP contribution in [0, 0.1) is 5.92 Å². The summed E-state index contributed by atoms with van der Waals surface area (Å²) in [6.07, 6.45) is 4.34. The van der Waals surface area contributed by atoms with E-state index in [1.54, 1.807) is 12.4 Å². The highest BCUT2D eigenvalue weighted by molar-refractivity contribution is 6.31. The molecular weight excluding hydrogens is 232 g/mol. The van der Waals surface area contributed by atoms with Crippen molar-refractivity contribution in [3.05, 3.63) is 47.4 Å². The standard InChI is InChI=1S/C14H15ClN2/c1-10(2)9-11-3-5-12(6-4-11)13-14(15)17-8-7-16-13/h3-8,10H,9H2,1-2H3. The van der Waals surface area contributed by atoms with Crippen molar-refractivity contribution in [1.82, 2.24) is 9.97 Å². The third-order valence-electron chi connectivity index (χ3n) is 2.52. The maximum Gasteiger partial charge on any atom is 0.155 e. The van der Waals surface area contributed by atoms with Gasteiger partial charge in [0, 0.05) is 18.0 Å². The smallest absolute Gasteiger partial charge is 0.155 e. The zero-order valence-corrected chi connectivity index (χ0v) is 10.8. The van der Waals surface area contributed by atoms with Crippen molar-refractivity contribution in [3.63, 3.8) is 0 Å². The van der Waals surface area contributed by atoms with E-state index in [9.17, 15) is 0 Å². The maximum absolute atomic E-state index is 6.01. The van der Waals surface area contributed by atoms with Crippen molar-refractivity contribution in [2.24, 2.45) is 5.92 Å². The lowest BCUT2D eigenvalue weighted by molar-refractivity contribution is 0.647. The third kappa shape index (κ3) is 3.04. The lowest BCUT2D eigenvalue weighted by Gasteiger charge is -2.06. The zero-order chi connectivity index (χ0) is 12.3. The summed E-state index contributed by atoms with van der Waals surface area (Å²) in [5.41, 5.74) is 3.09. The fourth-order valence-electron chi connectivity index (χ4n) is 1.78. The van der Waals surface area contributed by atoms with Crippen molar-refractivity contribution < 1.29 is 0 Å². The monoisotopic (exact) mass is 246 g/mol. The molecule has 2 aromatic rings. The Morgan fingerprint density at radius 2 is 1.71 bits per heavy atom. The average molecular weight is 247 g/mol. The van der Waals surface area contributed by atoms with Crippen LogP contribution >= 0.6 is 11.6 Å². The van der Waals surface area contributed by atoms with Gasteiger partial charge in [-0.05, 0) is 17.9 Å². The van der Waals surface area contributed by atoms with E-state index >= 15 is 0 Å². The highest BCUT2D eigenvalue weighted by Gasteiger charge is 2.05. The van der Waals surface area contributed by atoms with Gasteiger partial charge >= 0.3 is 0 Å². The Bertz CT molecular complexity index is 492. The van der Waals surface area contributed by atoms with Crippen LogP contribution in [-0.4, -0.2) is 9.97 Å². The molecule has 17 heavy (non-hydrogen) atoms. The van der Waals surface area contributed by atoms with Crippen molar-refractivity contribution in [1.29, 1.82) is 0 Å². The third-order valence-corrected chi connectivity index (χ3v) is 2.80. The largest absolute Gasteiger partial charge is 0.251 e. The van der Waals surface area contributed by atoms with E-state index in [2.05, 4.69) is 35.9 Å². The molecule has 3 heteroatoms. The number of hydrogen-bond acceptors (Lipinski definition) is 2. The number of benzene rings is 1. The molecule has 1 aromatic carbocycles. The molecule has 0 spiro atoms. The number of nitrogens with zero attached hydrogens (tertiary/aromatic N) is 2. The van der Waals surface area contributed by atoms with E-state index in [1.807, 2.05) is 12.1 Å². The van der Waals surface area contributed by atoms with Gasteiger partial charge < -0.3 is 0 Å². The van der Waals surface area contributed by atoms with E-state index in [0.29, 0.717) is 11.1 Å². The van der Waals surface area contributed by atoms with Crippen molar-refractivity contribution >= 4 is 11.6 Å². The van der Waals surface area contributed by atoms with Gasteiger partial charge in [-0.15, -0.1) is 0 Å². The molecule has 1 heterocycles. The molecule has 0 aliphatic rings. The molecule has 0 amide bonds. The lowest BCUT2D eigenvalue weighted by Crippen LogP contribution is -1.94. The Labute approximate surface area is 107 Å². The quantitative estimate of drug-likeness (QED) is 0.818. The normalized spacial score (nSPS) is 10.8. The molecule has 0 saturated carbocycles. The Morgan fingerprint density at radius 1 is 1.06 bits per heavy atom. The van der Waals surface area contributed by atoms with Crippen LogP contribution in [0.25, 0.3) is 11.3 Å². The van der Waals surface area contributed by atoms with Gasteiger partial charge in [-0.1, -0.05) is 49.7 Å². The minimum atomic E-state index is 0.448. The summed E-state index contributed by atoms with van der Waals surface area (Å²) < 4.78 is 0. The maximum atomic E-state index is 6.01. The van der Waals surface area contributed by atoms with Crippen LogP contribution < -0.4 is 0 Å². The minimum Gasteiger partial charge on any atom is -0.251 e. The van der Waals surface area contributed by atoms with Gasteiger partial charge in [0.25, 0.3) is 0 Å². The van der Waals surface area contributed by atoms with E-state index in [1.165, 1.54) is 5.56 Å². The molecule has 2 rings (SSSR count). The van der Waals surface area contributed by atoms with Crippen molar-refractivity contribution in [2.75, 3.05) is 0 Å². The second kappa shape index (κ2) is 5.28. The zero-order valence-electron chi connectivity index (χ0n) is 10.0. The summed E-state index contributed by atoms with van der Waals surface area (Å²) in [6, 6.07) is 8.35. The number of hydrogen-bond donors (Lipinski definition) is 0. The predicted octanol–water partition coefficient (Wildman–Crippen LogP) is 4.00. The van der Waals surface area contributed by atoms with Crippen molar-refractivity contribution in [2.45, 2.75) is 20.3 Å². The van der Waals surface area contributed by atoms with Crippen molar-refractivity contribution in [3.8, 4) is 11.3 Å². The van der Waals surface area contributed by atoms with Crippen LogP contribution in [0.3, 0.4) is 0 Å². The summed E-state index contributed by atoms with van der Waals surface area (Å²) in [5.74, 6) is 0.668. The first-order chi connectivity index (χ1) is 8.16. The van der Waals surface area contributed by atoms with Gasteiger partial charge in [0.15, 0.2) is 5.15 Å². The second-order valence-corrected chi connectivity index (χ2v) is 4.85. The fourth-order valence-corrected chi connectivity index (χ4v) is 2.00. The molecule has 2 nitrogen and oxygen atoms in total. The first-order valence-corrected chi connectivity index (χ1v) is 6.10. The highest BCUT2D eigenvalue weighted by atomic mass is 35.5. The van der Waals surface area contributed by atoms with Gasteiger partial charge in [0.2, 0.25) is 0 Å². The Morgan fingerprint density at radius 3 is 2.29 bits per heavy atom. The highest BCUT2D eigenvalue weighted by Crippen LogP contribution is 2.23. The topological polar surface area (TPSA) is 25.8 Å². The molecular formula is C14H15ClN2. The van der Waals surface area contributed by atoms with Crippen LogP contribution in [0.4, 0.5) is 0 Å². The molecule has 0 fully saturated rings. The summed E-state index contributed by atoms with van der Waals surface area (Å²) >= 11 is 6.01. The van der Waals surface area contributed by atoms with Gasteiger partial charge in [-0.25, -0.2) is 4.98 Å². The molecule has 0 aliphatic heterocycles. The summed E-state index contributed by atoms with van der Waals surface area (Å²) in [6.45, 7) is 4.43. The van der Waals surface area contributed by atoms with Crippen LogP contribution in [0.1, 0.15) is 19.4 Å². The lowest BCUT2D eigenvalue weighted by atomic mass is 10.0. The summed E-state index contributed by atoms with van der Waals surface area (Å²) in [4.78, 5) is 8.27. The molecule has 88 valence electrons. The SMILES string of the molecule is CC(C)Cc1ccc(-c2nccnc2Cl)cc1. The Balaban J connectivity index is 2.27. The Hall–Kier alpha value is -1.41. The molecule has 1 aromatic heterocycles. The summed E-state index contributed by atoms with van der Waals surface area (Å²) in [7, 11) is 0. The molecule has 0 radical (unpaired) electrons. The molecule has 0 atom stereocenters. The van der Waals surface area contributed by atoms with E-state index in [-0.39, 0.29) is 0 Å². The predicted molar refractivity (Wildman–Crippen MR) is 71.0 cm³/mol. The van der Waals surface area contributed by atoms with E-state index in [0.717, 1.165) is 17.7 Å². The molecule has 0 unspecified atom stereocenters. The molecule has 0 saturated heterocycles. The number of aromatic nitrogens is 2.